The number of carbonyl (C=O) groups is 1. The van der Waals surface area contributed by atoms with Gasteiger partial charge in [-0.2, -0.15) is 5.10 Å². The second-order valence-corrected chi connectivity index (χ2v) is 6.45. The molecule has 7 heteroatoms. The fourth-order valence-electron chi connectivity index (χ4n) is 2.79. The predicted molar refractivity (Wildman–Crippen MR) is 109 cm³/mol. The first-order valence-corrected chi connectivity index (χ1v) is 9.37. The number of rotatable bonds is 8. The second-order valence-electron chi connectivity index (χ2n) is 6.05. The molecule has 1 heterocycles. The van der Waals surface area contributed by atoms with Crippen molar-refractivity contribution in [1.29, 1.82) is 0 Å². The molecule has 2 aromatic carbocycles. The van der Waals surface area contributed by atoms with Crippen LogP contribution in [0, 0.1) is 0 Å². The summed E-state index contributed by atoms with van der Waals surface area (Å²) in [5.74, 6) is 0.672. The molecule has 0 aliphatic rings. The normalized spacial score (nSPS) is 10.5. The molecular weight excluding hydrogens is 378 g/mol. The molecule has 1 N–H and O–H groups in total. The highest BCUT2D eigenvalue weighted by molar-refractivity contribution is 6.32. The Morgan fingerprint density at radius 1 is 1.25 bits per heavy atom. The quantitative estimate of drug-likeness (QED) is 0.623. The summed E-state index contributed by atoms with van der Waals surface area (Å²) in [7, 11) is 1.52. The second kappa shape index (κ2) is 9.28. The molecule has 28 heavy (non-hydrogen) atoms. The highest BCUT2D eigenvalue weighted by Gasteiger charge is 2.15. The molecule has 0 radical (unpaired) electrons. The molecule has 146 valence electrons. The van der Waals surface area contributed by atoms with E-state index in [1.165, 1.54) is 7.11 Å². The molecule has 3 rings (SSSR count). The standard InChI is InChI=1S/C21H22ClN3O3/c1-3-28-20-18(22)13-16(14-19(20)27-2)21(26)23-11-9-15-5-7-17(8-6-15)25-12-4-10-24-25/h4-8,10,12-14H,3,9,11H2,1-2H3,(H,23,26). The van der Waals surface area contributed by atoms with Gasteiger partial charge >= 0.3 is 0 Å². The average molecular weight is 400 g/mol. The number of hydrogen-bond donors (Lipinski definition) is 1. The summed E-state index contributed by atoms with van der Waals surface area (Å²) in [5.41, 5.74) is 2.55. The molecular formula is C21H22ClN3O3. The SMILES string of the molecule is CCOc1c(Cl)cc(C(=O)NCCc2ccc(-n3cccn3)cc2)cc1OC. The van der Waals surface area contributed by atoms with Gasteiger partial charge in [-0.05, 0) is 49.2 Å². The molecule has 0 fully saturated rings. The van der Waals surface area contributed by atoms with E-state index in [0.717, 1.165) is 11.3 Å². The summed E-state index contributed by atoms with van der Waals surface area (Å²) >= 11 is 6.23. The summed E-state index contributed by atoms with van der Waals surface area (Å²) in [6.45, 7) is 2.83. The van der Waals surface area contributed by atoms with Crippen molar-refractivity contribution in [3.8, 4) is 17.2 Å². The fourth-order valence-corrected chi connectivity index (χ4v) is 3.06. The van der Waals surface area contributed by atoms with Gasteiger partial charge in [0.1, 0.15) is 0 Å². The number of halogens is 1. The predicted octanol–water partition coefficient (Wildman–Crippen LogP) is 3.91. The van der Waals surface area contributed by atoms with Gasteiger partial charge < -0.3 is 14.8 Å². The van der Waals surface area contributed by atoms with Gasteiger partial charge in [0.15, 0.2) is 11.5 Å². The lowest BCUT2D eigenvalue weighted by atomic mass is 10.1. The summed E-state index contributed by atoms with van der Waals surface area (Å²) < 4.78 is 12.6. The summed E-state index contributed by atoms with van der Waals surface area (Å²) in [6, 6.07) is 13.2. The van der Waals surface area contributed by atoms with Crippen LogP contribution in [-0.4, -0.2) is 35.9 Å². The largest absolute Gasteiger partial charge is 0.493 e. The van der Waals surface area contributed by atoms with Crippen LogP contribution in [-0.2, 0) is 6.42 Å². The Balaban J connectivity index is 1.59. The lowest BCUT2D eigenvalue weighted by Crippen LogP contribution is -2.25. The Kier molecular flexibility index (Phi) is 6.55. The monoisotopic (exact) mass is 399 g/mol. The van der Waals surface area contributed by atoms with Gasteiger partial charge in [0.25, 0.3) is 5.91 Å². The number of hydrogen-bond acceptors (Lipinski definition) is 4. The van der Waals surface area contributed by atoms with Gasteiger partial charge in [0.05, 0.1) is 24.4 Å². The van der Waals surface area contributed by atoms with Crippen LogP contribution in [0.4, 0.5) is 0 Å². The summed E-state index contributed by atoms with van der Waals surface area (Å²) in [6.07, 6.45) is 4.35. The third kappa shape index (κ3) is 4.64. The number of carbonyl (C=O) groups excluding carboxylic acids is 1. The third-order valence-corrected chi connectivity index (χ3v) is 4.47. The maximum Gasteiger partial charge on any atom is 0.251 e. The van der Waals surface area contributed by atoms with E-state index in [4.69, 9.17) is 21.1 Å². The molecule has 0 atom stereocenters. The van der Waals surface area contributed by atoms with Gasteiger partial charge in [-0.1, -0.05) is 23.7 Å². The Morgan fingerprint density at radius 3 is 2.68 bits per heavy atom. The number of benzene rings is 2. The smallest absolute Gasteiger partial charge is 0.251 e. The Bertz CT molecular complexity index is 925. The first-order valence-electron chi connectivity index (χ1n) is 9.00. The van der Waals surface area contributed by atoms with Crippen molar-refractivity contribution in [2.45, 2.75) is 13.3 Å². The van der Waals surface area contributed by atoms with Gasteiger partial charge in [0, 0.05) is 24.5 Å². The van der Waals surface area contributed by atoms with E-state index < -0.39 is 0 Å². The van der Waals surface area contributed by atoms with Gasteiger partial charge in [-0.25, -0.2) is 4.68 Å². The van der Waals surface area contributed by atoms with E-state index in [2.05, 4.69) is 10.4 Å². The Morgan fingerprint density at radius 2 is 2.04 bits per heavy atom. The van der Waals surface area contributed by atoms with Crippen LogP contribution in [0.2, 0.25) is 5.02 Å². The number of aromatic nitrogens is 2. The number of nitrogens with one attached hydrogen (secondary N) is 1. The van der Waals surface area contributed by atoms with E-state index in [1.807, 2.05) is 43.5 Å². The average Bonchev–Trinajstić information content (AvgIpc) is 3.24. The molecule has 0 saturated carbocycles. The molecule has 3 aromatic rings. The minimum absolute atomic E-state index is 0.212. The molecule has 0 aliphatic carbocycles. The van der Waals surface area contributed by atoms with Gasteiger partial charge in [-0.15, -0.1) is 0 Å². The zero-order valence-corrected chi connectivity index (χ0v) is 16.6. The number of nitrogens with zero attached hydrogens (tertiary/aromatic N) is 2. The highest BCUT2D eigenvalue weighted by atomic mass is 35.5. The number of methoxy groups -OCH3 is 1. The summed E-state index contributed by atoms with van der Waals surface area (Å²) in [5, 5.41) is 7.46. The third-order valence-electron chi connectivity index (χ3n) is 4.18. The van der Waals surface area contributed by atoms with Gasteiger partial charge in [0.2, 0.25) is 0 Å². The maximum absolute atomic E-state index is 12.5. The number of amides is 1. The molecule has 0 aliphatic heterocycles. The molecule has 0 spiro atoms. The van der Waals surface area contributed by atoms with Crippen LogP contribution < -0.4 is 14.8 Å². The molecule has 1 amide bonds. The van der Waals surface area contributed by atoms with E-state index in [0.29, 0.717) is 41.7 Å². The van der Waals surface area contributed by atoms with Crippen molar-refractivity contribution in [3.05, 3.63) is 71.0 Å². The van der Waals surface area contributed by atoms with E-state index in [9.17, 15) is 4.79 Å². The minimum atomic E-state index is -0.212. The molecule has 0 unspecified atom stereocenters. The van der Waals surface area contributed by atoms with E-state index in [-0.39, 0.29) is 5.91 Å². The zero-order chi connectivity index (χ0) is 19.9. The molecule has 0 bridgehead atoms. The van der Waals surface area contributed by atoms with E-state index in [1.54, 1.807) is 23.0 Å². The molecule has 6 nitrogen and oxygen atoms in total. The molecule has 0 saturated heterocycles. The van der Waals surface area contributed by atoms with Crippen LogP contribution in [0.25, 0.3) is 5.69 Å². The van der Waals surface area contributed by atoms with Crippen LogP contribution in [0.1, 0.15) is 22.8 Å². The Labute approximate surface area is 169 Å². The maximum atomic E-state index is 12.5. The first-order chi connectivity index (χ1) is 13.6. The van der Waals surface area contributed by atoms with Crippen LogP contribution in [0.15, 0.2) is 54.9 Å². The lowest BCUT2D eigenvalue weighted by molar-refractivity contribution is 0.0953. The van der Waals surface area contributed by atoms with E-state index >= 15 is 0 Å². The van der Waals surface area contributed by atoms with Crippen molar-refractivity contribution in [1.82, 2.24) is 15.1 Å². The highest BCUT2D eigenvalue weighted by Crippen LogP contribution is 2.36. The van der Waals surface area contributed by atoms with Crippen molar-refractivity contribution in [3.63, 3.8) is 0 Å². The van der Waals surface area contributed by atoms with Crippen molar-refractivity contribution in [2.24, 2.45) is 0 Å². The fraction of sp³-hybridized carbons (Fsp3) is 0.238. The lowest BCUT2D eigenvalue weighted by Gasteiger charge is -2.13. The molecule has 1 aromatic heterocycles. The van der Waals surface area contributed by atoms with Crippen molar-refractivity contribution >= 4 is 17.5 Å². The van der Waals surface area contributed by atoms with Crippen molar-refractivity contribution < 1.29 is 14.3 Å². The zero-order valence-electron chi connectivity index (χ0n) is 15.8. The van der Waals surface area contributed by atoms with Crippen LogP contribution >= 0.6 is 11.6 Å². The van der Waals surface area contributed by atoms with Gasteiger partial charge in [-0.3, -0.25) is 4.79 Å². The van der Waals surface area contributed by atoms with Crippen LogP contribution in [0.5, 0.6) is 11.5 Å². The first kappa shape index (κ1) is 19.8. The Hall–Kier alpha value is -2.99. The minimum Gasteiger partial charge on any atom is -0.493 e. The topological polar surface area (TPSA) is 65.4 Å². The summed E-state index contributed by atoms with van der Waals surface area (Å²) in [4.78, 5) is 12.5. The number of ether oxygens (including phenoxy) is 2. The van der Waals surface area contributed by atoms with Crippen molar-refractivity contribution in [2.75, 3.05) is 20.3 Å². The van der Waals surface area contributed by atoms with Crippen LogP contribution in [0.3, 0.4) is 0 Å².